The Hall–Kier alpha value is -0.120. The van der Waals surface area contributed by atoms with Crippen molar-refractivity contribution in [2.45, 2.75) is 58.3 Å². The number of halogens is 2. The fourth-order valence-corrected chi connectivity index (χ4v) is 2.69. The van der Waals surface area contributed by atoms with Crippen LogP contribution in [-0.2, 0) is 19.2 Å². The Morgan fingerprint density at radius 2 is 1.36 bits per heavy atom. The van der Waals surface area contributed by atoms with E-state index in [0.29, 0.717) is 0 Å². The molecule has 2 fully saturated rings. The summed E-state index contributed by atoms with van der Waals surface area (Å²) in [6.45, 7) is 2.78. The average molecular weight is 495 g/mol. The van der Waals surface area contributed by atoms with E-state index < -0.39 is 5.97 Å². The minimum atomic E-state index is -0.609. The number of ether oxygens (including phenoxy) is 1. The molecule has 0 spiro atoms. The molecule has 0 aromatic carbocycles. The van der Waals surface area contributed by atoms with E-state index in [4.69, 9.17) is 9.94 Å². The van der Waals surface area contributed by atoms with Crippen molar-refractivity contribution in [3.8, 4) is 0 Å². The number of rotatable bonds is 4. The van der Waals surface area contributed by atoms with Crippen LogP contribution in [0.5, 0.6) is 0 Å². The standard InChI is InChI=1S/C8H15NO2.C6H10O2.C3H8O.ClH.HI/c1-9(11-2)8(10)7-5-3-4-6-7;7-6(8)5-3-1-2-4-5;1-3-4-2;;/h7H,3-6H2,1-2H3;5H,1-4H2,(H,7,8);3H2,1-2H3;2*1H/p-1. The van der Waals surface area contributed by atoms with Gasteiger partial charge in [0.25, 0.3) is 0 Å². The average Bonchev–Trinajstić information content (AvgIpc) is 3.26. The molecule has 0 heterocycles. The van der Waals surface area contributed by atoms with Crippen molar-refractivity contribution in [3.05, 3.63) is 0 Å². The summed E-state index contributed by atoms with van der Waals surface area (Å²) in [4.78, 5) is 26.4. The smallest absolute Gasteiger partial charge is 0.306 e. The Balaban J connectivity index is -0.000000308. The van der Waals surface area contributed by atoms with Gasteiger partial charge < -0.3 is 33.8 Å². The summed E-state index contributed by atoms with van der Waals surface area (Å²) in [5.41, 5.74) is 0. The van der Waals surface area contributed by atoms with Crippen LogP contribution in [0.15, 0.2) is 0 Å². The lowest BCUT2D eigenvalue weighted by atomic mass is 10.1. The summed E-state index contributed by atoms with van der Waals surface area (Å²) in [5.74, 6) is -0.276. The molecule has 6 nitrogen and oxygen atoms in total. The number of carbonyl (C=O) groups excluding carboxylic acids is 1. The first-order valence-electron chi connectivity index (χ1n) is 8.51. The number of hydrogen-bond acceptors (Lipinski definition) is 4. The quantitative estimate of drug-likeness (QED) is 0.456. The van der Waals surface area contributed by atoms with Gasteiger partial charge in [-0.05, 0) is 32.6 Å². The molecule has 25 heavy (non-hydrogen) atoms. The van der Waals surface area contributed by atoms with Gasteiger partial charge in [-0.25, -0.2) is 5.06 Å². The van der Waals surface area contributed by atoms with E-state index in [0.717, 1.165) is 45.1 Å². The van der Waals surface area contributed by atoms with Crippen LogP contribution in [0.25, 0.3) is 0 Å². The van der Waals surface area contributed by atoms with Crippen molar-refractivity contribution in [3.63, 3.8) is 0 Å². The van der Waals surface area contributed by atoms with Gasteiger partial charge >= 0.3 is 5.97 Å². The lowest BCUT2D eigenvalue weighted by Gasteiger charge is -2.17. The maximum absolute atomic E-state index is 11.4. The molecule has 0 unspecified atom stereocenters. The Morgan fingerprint density at radius 3 is 1.60 bits per heavy atom. The summed E-state index contributed by atoms with van der Waals surface area (Å²) in [7, 11) is 4.87. The number of hydrogen-bond donors (Lipinski definition) is 1. The summed E-state index contributed by atoms with van der Waals surface area (Å²) >= 11 is 0. The second-order valence-electron chi connectivity index (χ2n) is 5.90. The summed E-state index contributed by atoms with van der Waals surface area (Å²) in [6.07, 6.45) is 8.46. The van der Waals surface area contributed by atoms with E-state index in [1.165, 1.54) is 25.0 Å². The maximum atomic E-state index is 11.4. The van der Waals surface area contributed by atoms with Gasteiger partial charge in [0.1, 0.15) is 0 Å². The fraction of sp³-hybridized carbons (Fsp3) is 0.882. The second-order valence-corrected chi connectivity index (χ2v) is 5.90. The third-order valence-electron chi connectivity index (χ3n) is 4.28. The van der Waals surface area contributed by atoms with E-state index in [1.54, 1.807) is 14.2 Å². The normalized spacial score (nSPS) is 16.3. The number of nitrogens with zero attached hydrogens (tertiary/aromatic N) is 1. The molecule has 0 aromatic heterocycles. The molecule has 1 N–H and O–H groups in total. The molecule has 2 rings (SSSR count). The highest BCUT2D eigenvalue weighted by Crippen LogP contribution is 2.26. The van der Waals surface area contributed by atoms with E-state index >= 15 is 0 Å². The second kappa shape index (κ2) is 18.7. The number of hydroxylamine groups is 2. The molecule has 2 saturated carbocycles. The minimum Gasteiger partial charge on any atom is -1.00 e. The lowest BCUT2D eigenvalue weighted by molar-refractivity contribution is -0.173. The predicted octanol–water partition coefficient (Wildman–Crippen LogP) is 0.536. The van der Waals surface area contributed by atoms with Crippen LogP contribution in [-0.4, -0.2) is 49.9 Å². The van der Waals surface area contributed by atoms with Crippen LogP contribution in [0.1, 0.15) is 58.3 Å². The van der Waals surface area contributed by atoms with Crippen molar-refractivity contribution in [1.82, 2.24) is 5.06 Å². The Morgan fingerprint density at radius 1 is 1.00 bits per heavy atom. The Kier molecular flexibility index (Phi) is 22.1. The first kappa shape index (κ1) is 29.6. The van der Waals surface area contributed by atoms with Crippen LogP contribution in [0, 0.1) is 11.8 Å². The van der Waals surface area contributed by atoms with Crippen molar-refractivity contribution < 1.29 is 48.2 Å². The first-order chi connectivity index (χ1) is 11.0. The highest BCUT2D eigenvalue weighted by molar-refractivity contribution is 5.85. The number of methoxy groups -OCH3 is 1. The zero-order valence-corrected chi connectivity index (χ0v) is 18.8. The number of aliphatic carboxylic acids is 1. The molecular formula is C17H34ClINO5-. The van der Waals surface area contributed by atoms with E-state index in [2.05, 4.69) is 4.74 Å². The number of carbonyl (C=O) groups is 2. The van der Waals surface area contributed by atoms with Crippen LogP contribution >= 0.6 is 12.4 Å². The van der Waals surface area contributed by atoms with Crippen molar-refractivity contribution in [2.75, 3.05) is 27.9 Å². The Bertz CT molecular complexity index is 333. The van der Waals surface area contributed by atoms with Crippen LogP contribution < -0.4 is 24.0 Å². The Labute approximate surface area is 175 Å². The van der Waals surface area contributed by atoms with Gasteiger partial charge in [-0.15, -0.1) is 12.4 Å². The largest absolute Gasteiger partial charge is 1.00 e. The van der Waals surface area contributed by atoms with Crippen LogP contribution in [0.2, 0.25) is 0 Å². The van der Waals surface area contributed by atoms with E-state index in [-0.39, 0.29) is 54.1 Å². The molecule has 0 saturated heterocycles. The van der Waals surface area contributed by atoms with E-state index in [1.807, 2.05) is 6.92 Å². The SMILES string of the molecule is CCOC.CON(C)C(=O)C1CCCC1.Cl.O=C(O)C1CCCC1.[I-]. The van der Waals surface area contributed by atoms with Gasteiger partial charge in [-0.3, -0.25) is 14.4 Å². The molecule has 0 bridgehead atoms. The summed E-state index contributed by atoms with van der Waals surface area (Å²) in [6, 6.07) is 0. The van der Waals surface area contributed by atoms with Crippen molar-refractivity contribution >= 4 is 24.3 Å². The fourth-order valence-electron chi connectivity index (χ4n) is 2.69. The molecular weight excluding hydrogens is 461 g/mol. The molecule has 2 aliphatic rings. The monoisotopic (exact) mass is 494 g/mol. The van der Waals surface area contributed by atoms with Gasteiger partial charge in [0.15, 0.2) is 0 Å². The summed E-state index contributed by atoms with van der Waals surface area (Å²) in [5, 5.41) is 9.74. The van der Waals surface area contributed by atoms with Gasteiger partial charge in [0, 0.05) is 26.7 Å². The molecule has 1 amide bonds. The molecule has 0 radical (unpaired) electrons. The summed E-state index contributed by atoms with van der Waals surface area (Å²) < 4.78 is 4.54. The van der Waals surface area contributed by atoms with Crippen LogP contribution in [0.3, 0.4) is 0 Å². The molecule has 0 aliphatic heterocycles. The van der Waals surface area contributed by atoms with Crippen LogP contribution in [0.4, 0.5) is 0 Å². The zero-order chi connectivity index (χ0) is 17.7. The van der Waals surface area contributed by atoms with Gasteiger partial charge in [-0.1, -0.05) is 25.7 Å². The maximum Gasteiger partial charge on any atom is 0.306 e. The molecule has 0 atom stereocenters. The molecule has 2 aliphatic carbocycles. The van der Waals surface area contributed by atoms with Gasteiger partial charge in [-0.2, -0.15) is 0 Å². The molecule has 8 heteroatoms. The number of carboxylic acids is 1. The molecule has 152 valence electrons. The third kappa shape index (κ3) is 13.7. The molecule has 0 aromatic rings. The topological polar surface area (TPSA) is 76.1 Å². The first-order valence-corrected chi connectivity index (χ1v) is 8.51. The van der Waals surface area contributed by atoms with E-state index in [9.17, 15) is 9.59 Å². The zero-order valence-electron chi connectivity index (χ0n) is 15.8. The number of carboxylic acid groups (broad SMARTS) is 1. The van der Waals surface area contributed by atoms with Gasteiger partial charge in [0.2, 0.25) is 5.91 Å². The minimum absolute atomic E-state index is 0. The third-order valence-corrected chi connectivity index (χ3v) is 4.28. The highest BCUT2D eigenvalue weighted by Gasteiger charge is 2.25. The van der Waals surface area contributed by atoms with Gasteiger partial charge in [0.05, 0.1) is 13.0 Å². The lowest BCUT2D eigenvalue weighted by Crippen LogP contribution is -3.00. The number of amides is 1. The van der Waals surface area contributed by atoms with Crippen molar-refractivity contribution in [1.29, 1.82) is 0 Å². The van der Waals surface area contributed by atoms with Crippen molar-refractivity contribution in [2.24, 2.45) is 11.8 Å². The predicted molar refractivity (Wildman–Crippen MR) is 96.1 cm³/mol. The highest BCUT2D eigenvalue weighted by atomic mass is 127.